The maximum absolute atomic E-state index is 13.7. The lowest BCUT2D eigenvalue weighted by Gasteiger charge is -2.27. The molecule has 1 saturated heterocycles. The van der Waals surface area contributed by atoms with E-state index in [1.807, 2.05) is 0 Å². The second kappa shape index (κ2) is 57.5. The van der Waals surface area contributed by atoms with Gasteiger partial charge in [-0.1, -0.05) is 26.5 Å². The SMILES string of the molecule is C=C(COCCOCCOCCOCCOCCOCCOCCOCCOCCOCCOCCOCCOCCOCCOCCOCCOC)Cc1cc(NC(=O)[C@H](C)NC(=O)[C@@H](NC(=O)CN2C(=O)[C@@H](N3C(=O)C=CC3=O)C[C@H]2COCCS(=O)(=O)O)C(C)C)ccc1COC(=O)C(C)(C)C. The zero-order valence-corrected chi connectivity index (χ0v) is 63.3. The Labute approximate surface area is 617 Å². The first-order valence-corrected chi connectivity index (χ1v) is 37.1. The van der Waals surface area contributed by atoms with Crippen molar-refractivity contribution >= 4 is 57.2 Å². The maximum Gasteiger partial charge on any atom is 0.311 e. The number of hydrogen-bond acceptors (Lipinski definition) is 28. The number of likely N-dealkylation sites (tertiary alicyclic amines) is 1. The molecule has 4 N–H and O–H groups in total. The van der Waals surface area contributed by atoms with Crippen molar-refractivity contribution in [3.8, 4) is 0 Å². The van der Waals surface area contributed by atoms with Crippen LogP contribution in [0, 0.1) is 11.3 Å². The van der Waals surface area contributed by atoms with Crippen LogP contribution < -0.4 is 16.0 Å². The number of nitrogens with one attached hydrogen (secondary N) is 3. The Balaban J connectivity index is 1.17. The van der Waals surface area contributed by atoms with Gasteiger partial charge in [0.25, 0.3) is 21.9 Å². The highest BCUT2D eigenvalue weighted by atomic mass is 32.2. The quantitative estimate of drug-likeness (QED) is 0.0234. The van der Waals surface area contributed by atoms with Crippen LogP contribution in [0.2, 0.25) is 0 Å². The molecule has 0 aliphatic carbocycles. The van der Waals surface area contributed by atoms with Crippen molar-refractivity contribution in [1.29, 1.82) is 0 Å². The van der Waals surface area contributed by atoms with E-state index < -0.39 is 106 Å². The Bertz CT molecular complexity index is 2740. The Morgan fingerprint density at radius 2 is 0.933 bits per heavy atom. The van der Waals surface area contributed by atoms with E-state index in [0.29, 0.717) is 227 Å². The highest BCUT2D eigenvalue weighted by Crippen LogP contribution is 2.27. The van der Waals surface area contributed by atoms with Crippen molar-refractivity contribution in [2.45, 2.75) is 85.2 Å². The zero-order valence-electron chi connectivity index (χ0n) is 62.4. The van der Waals surface area contributed by atoms with Gasteiger partial charge < -0.3 is 111 Å². The van der Waals surface area contributed by atoms with Crippen LogP contribution in [0.4, 0.5) is 5.69 Å². The molecule has 0 radical (unpaired) electrons. The molecule has 2 aliphatic rings. The molecule has 0 aromatic heterocycles. The van der Waals surface area contributed by atoms with Crippen LogP contribution in [0.1, 0.15) is 59.1 Å². The summed E-state index contributed by atoms with van der Waals surface area (Å²) in [6, 6.07) is 0.517. The molecule has 3 rings (SSSR count). The van der Waals surface area contributed by atoms with Crippen LogP contribution >= 0.6 is 0 Å². The van der Waals surface area contributed by atoms with Crippen LogP contribution in [0.25, 0.3) is 0 Å². The van der Waals surface area contributed by atoms with Crippen LogP contribution in [0.5, 0.6) is 0 Å². The summed E-state index contributed by atoms with van der Waals surface area (Å²) in [5.74, 6) is -6.00. The second-order valence-electron chi connectivity index (χ2n) is 25.1. The van der Waals surface area contributed by atoms with Crippen molar-refractivity contribution in [2.75, 3.05) is 256 Å². The van der Waals surface area contributed by atoms with E-state index in [1.165, 1.54) is 6.92 Å². The summed E-state index contributed by atoms with van der Waals surface area (Å²) in [6.45, 7) is 27.3. The van der Waals surface area contributed by atoms with Gasteiger partial charge in [-0.15, -0.1) is 0 Å². The van der Waals surface area contributed by atoms with Crippen molar-refractivity contribution in [2.24, 2.45) is 11.3 Å². The smallest absolute Gasteiger partial charge is 0.311 e. The standard InChI is InChI=1S/C70H117N5O29S/c1-54(2)65(73-62(76)50-74-60(53-103-45-46-105(83,84)85)49-61(68(74)81)75-63(77)11-12-64(75)78)67(80)71-56(4)66(79)72-59-10-9-57(52-104-69(82)70(5,6)7)58(48-59)47-55(3)51-102-44-43-101-42-41-100-40-39-99-38-37-98-36-35-97-34-33-96-32-31-95-30-29-94-28-27-93-26-25-92-24-23-91-22-21-90-20-19-89-18-17-88-16-15-87-14-13-86-8/h9-12,48,54,56,60-61,65H,3,13-47,49-53H2,1-2,4-8H3,(H,71,80)(H,72,79)(H,73,76)(H,83,84,85)/t56-,60-,61-,65-/m0/s1. The summed E-state index contributed by atoms with van der Waals surface area (Å²) >= 11 is 0. The van der Waals surface area contributed by atoms with Gasteiger partial charge in [0.15, 0.2) is 0 Å². The number of benzene rings is 1. The number of imide groups is 1. The Morgan fingerprint density at radius 3 is 1.30 bits per heavy atom. The topological polar surface area (TPSA) is 392 Å². The van der Waals surface area contributed by atoms with Gasteiger partial charge in [-0.05, 0) is 68.9 Å². The molecule has 105 heavy (non-hydrogen) atoms. The van der Waals surface area contributed by atoms with Crippen molar-refractivity contribution in [3.05, 3.63) is 53.6 Å². The molecule has 1 aromatic carbocycles. The van der Waals surface area contributed by atoms with Crippen molar-refractivity contribution < 1.29 is 137 Å². The van der Waals surface area contributed by atoms with E-state index in [4.69, 9.17) is 94.6 Å². The van der Waals surface area contributed by atoms with E-state index in [-0.39, 0.29) is 39.3 Å². The number of rotatable bonds is 68. The highest BCUT2D eigenvalue weighted by molar-refractivity contribution is 7.85. The van der Waals surface area contributed by atoms with Crippen LogP contribution in [-0.4, -0.2) is 339 Å². The van der Waals surface area contributed by atoms with E-state index in [1.54, 1.807) is 59.9 Å². The molecule has 0 bridgehead atoms. The molecule has 0 unspecified atom stereocenters. The molecule has 34 nitrogen and oxygen atoms in total. The third-order valence-corrected chi connectivity index (χ3v) is 15.7. The molecule has 6 amide bonds. The van der Waals surface area contributed by atoms with E-state index >= 15 is 0 Å². The Kier molecular flexibility index (Phi) is 51.2. The van der Waals surface area contributed by atoms with Crippen molar-refractivity contribution in [1.82, 2.24) is 20.4 Å². The number of amides is 6. The molecule has 2 aliphatic heterocycles. The van der Waals surface area contributed by atoms with Gasteiger partial charge in [0.05, 0.1) is 255 Å². The minimum Gasteiger partial charge on any atom is -0.460 e. The van der Waals surface area contributed by atoms with E-state index in [2.05, 4.69) is 22.5 Å². The lowest BCUT2D eigenvalue weighted by Crippen LogP contribution is -2.56. The number of ether oxygens (including phenoxy) is 19. The molecule has 1 fully saturated rings. The van der Waals surface area contributed by atoms with Gasteiger partial charge >= 0.3 is 5.97 Å². The van der Waals surface area contributed by atoms with Gasteiger partial charge in [-0.2, -0.15) is 8.42 Å². The first kappa shape index (κ1) is 93.6. The average molecular weight is 1520 g/mol. The number of hydrogen-bond donors (Lipinski definition) is 4. The molecular formula is C70H117N5O29S. The number of nitrogens with zero attached hydrogens (tertiary/aromatic N) is 2. The minimum atomic E-state index is -4.37. The molecular weight excluding hydrogens is 1410 g/mol. The average Bonchev–Trinajstić information content (AvgIpc) is 1.64. The summed E-state index contributed by atoms with van der Waals surface area (Å²) in [5, 5.41) is 8.05. The predicted octanol–water partition coefficient (Wildman–Crippen LogP) is 1.17. The third kappa shape index (κ3) is 45.1. The Hall–Kier alpha value is -5.62. The summed E-state index contributed by atoms with van der Waals surface area (Å²) in [7, 11) is -2.74. The predicted molar refractivity (Wildman–Crippen MR) is 379 cm³/mol. The second-order valence-corrected chi connectivity index (χ2v) is 26.7. The summed E-state index contributed by atoms with van der Waals surface area (Å²) in [4.78, 5) is 94.2. The summed E-state index contributed by atoms with van der Waals surface area (Å²) in [5.41, 5.74) is 1.62. The van der Waals surface area contributed by atoms with Crippen LogP contribution in [0.15, 0.2) is 42.5 Å². The fourth-order valence-electron chi connectivity index (χ4n) is 9.42. The number of esters is 1. The Morgan fingerprint density at radius 1 is 0.543 bits per heavy atom. The van der Waals surface area contributed by atoms with E-state index in [9.17, 15) is 42.0 Å². The molecule has 2 heterocycles. The number of methoxy groups -OCH3 is 1. The van der Waals surface area contributed by atoms with Gasteiger partial charge in [-0.25, -0.2) is 0 Å². The first-order chi connectivity index (χ1) is 50.5. The van der Waals surface area contributed by atoms with Gasteiger partial charge in [0.1, 0.15) is 24.7 Å². The third-order valence-electron chi connectivity index (χ3n) is 15.0. The zero-order chi connectivity index (χ0) is 76.8. The van der Waals surface area contributed by atoms with Gasteiger partial charge in [-0.3, -0.25) is 43.0 Å². The number of anilines is 1. The molecule has 35 heteroatoms. The monoisotopic (exact) mass is 1520 g/mol. The summed E-state index contributed by atoms with van der Waals surface area (Å²) in [6.07, 6.45) is 2.17. The minimum absolute atomic E-state index is 0.0563. The normalized spacial score (nSPS) is 15.3. The molecule has 1 aromatic rings. The number of carbonyl (C=O) groups excluding carboxylic acids is 7. The highest BCUT2D eigenvalue weighted by Gasteiger charge is 2.47. The molecule has 0 saturated carbocycles. The van der Waals surface area contributed by atoms with Gasteiger partial charge in [0.2, 0.25) is 23.6 Å². The van der Waals surface area contributed by atoms with Crippen LogP contribution in [0.3, 0.4) is 0 Å². The maximum atomic E-state index is 13.7. The molecule has 602 valence electrons. The van der Waals surface area contributed by atoms with Crippen molar-refractivity contribution in [3.63, 3.8) is 0 Å². The summed E-state index contributed by atoms with van der Waals surface area (Å²) < 4.78 is 136. The number of carbonyl (C=O) groups is 7. The fourth-order valence-corrected chi connectivity index (χ4v) is 9.74. The molecule has 4 atom stereocenters. The largest absolute Gasteiger partial charge is 0.460 e. The van der Waals surface area contributed by atoms with E-state index in [0.717, 1.165) is 22.0 Å². The molecule has 0 spiro atoms. The first-order valence-electron chi connectivity index (χ1n) is 35.5. The van der Waals surface area contributed by atoms with Gasteiger partial charge in [0, 0.05) is 31.4 Å². The lowest BCUT2D eigenvalue weighted by atomic mass is 9.97. The fraction of sp³-hybridized carbons (Fsp3) is 0.757. The lowest BCUT2D eigenvalue weighted by molar-refractivity contribution is -0.154. The van der Waals surface area contributed by atoms with Crippen LogP contribution in [-0.2, 0) is 147 Å².